The van der Waals surface area contributed by atoms with Crippen molar-refractivity contribution < 1.29 is 17.9 Å². The van der Waals surface area contributed by atoms with Crippen LogP contribution in [0.3, 0.4) is 0 Å². The molecule has 0 radical (unpaired) electrons. The summed E-state index contributed by atoms with van der Waals surface area (Å²) < 4.78 is 26.0. The maximum atomic E-state index is 10.6. The molecule has 0 bridgehead atoms. The van der Waals surface area contributed by atoms with Gasteiger partial charge in [-0.15, -0.1) is 0 Å². The van der Waals surface area contributed by atoms with E-state index in [1.165, 1.54) is 5.56 Å². The van der Waals surface area contributed by atoms with Crippen LogP contribution in [0.15, 0.2) is 12.3 Å². The zero-order chi connectivity index (χ0) is 15.9. The van der Waals surface area contributed by atoms with Crippen LogP contribution in [0.1, 0.15) is 31.9 Å². The van der Waals surface area contributed by atoms with Crippen LogP contribution >= 0.6 is 0 Å². The van der Waals surface area contributed by atoms with Crippen LogP contribution in [-0.4, -0.2) is 25.1 Å². The van der Waals surface area contributed by atoms with Gasteiger partial charge in [-0.2, -0.15) is 0 Å². The van der Waals surface area contributed by atoms with E-state index >= 15 is 0 Å². The lowest BCUT2D eigenvalue weighted by Gasteiger charge is -2.18. The summed E-state index contributed by atoms with van der Waals surface area (Å²) in [4.78, 5) is 14.5. The average Bonchev–Trinajstić information content (AvgIpc) is 2.22. The fourth-order valence-electron chi connectivity index (χ4n) is 1.03. The summed E-state index contributed by atoms with van der Waals surface area (Å²) in [6, 6.07) is 1.95. The van der Waals surface area contributed by atoms with Crippen molar-refractivity contribution in [3.05, 3.63) is 23.4 Å². The van der Waals surface area contributed by atoms with Crippen LogP contribution in [0.4, 0.5) is 10.6 Å². The van der Waals surface area contributed by atoms with Gasteiger partial charge in [0.1, 0.15) is 11.4 Å². The number of nitrogen functional groups attached to an aromatic ring is 1. The molecule has 0 saturated carbocycles. The highest BCUT2D eigenvalue weighted by atomic mass is 32.2. The Morgan fingerprint density at radius 3 is 2.25 bits per heavy atom. The molecule has 1 amide bonds. The lowest BCUT2D eigenvalue weighted by atomic mass is 10.2. The van der Waals surface area contributed by atoms with Crippen LogP contribution in [0.2, 0.25) is 0 Å². The van der Waals surface area contributed by atoms with Gasteiger partial charge >= 0.3 is 6.09 Å². The second-order valence-corrected chi connectivity index (χ2v) is 5.75. The number of nitrogens with two attached hydrogens (primary N) is 1. The quantitative estimate of drug-likeness (QED) is 0.675. The standard InChI is InChI=1S/C7H10N2.C5H11NO4S/c1-5-3-4-9-7(8)6(5)2;1-5(2,3)10-4(7)6-11(8)9/h3-4H,1-2H3,(H2,8,9);11H,1-3H3,(H,6,7,8,9). The number of carbonyl (C=O) groups is 1. The van der Waals surface area contributed by atoms with Crippen LogP contribution < -0.4 is 10.5 Å². The smallest absolute Gasteiger partial charge is 0.421 e. The number of thiol groups is 1. The molecule has 0 unspecified atom stereocenters. The van der Waals surface area contributed by atoms with Gasteiger partial charge in [0.2, 0.25) is 10.9 Å². The highest BCUT2D eigenvalue weighted by Gasteiger charge is 2.15. The minimum absolute atomic E-state index is 0.634. The van der Waals surface area contributed by atoms with E-state index < -0.39 is 22.6 Å². The van der Waals surface area contributed by atoms with Gasteiger partial charge in [-0.25, -0.2) is 22.9 Å². The van der Waals surface area contributed by atoms with E-state index in [2.05, 4.69) is 9.72 Å². The van der Waals surface area contributed by atoms with Gasteiger partial charge in [0.05, 0.1) is 0 Å². The number of amides is 1. The Kier molecular flexibility index (Phi) is 6.98. The van der Waals surface area contributed by atoms with E-state index in [9.17, 15) is 13.2 Å². The molecule has 0 aliphatic rings. The second-order valence-electron chi connectivity index (χ2n) is 5.01. The predicted molar refractivity (Wildman–Crippen MR) is 77.8 cm³/mol. The summed E-state index contributed by atoms with van der Waals surface area (Å²) in [5.74, 6) is 0.634. The van der Waals surface area contributed by atoms with Crippen LogP contribution in [0.25, 0.3) is 0 Å². The molecule has 0 spiro atoms. The molecule has 0 aliphatic carbocycles. The molecule has 1 rings (SSSR count). The molecule has 0 aliphatic heterocycles. The maximum absolute atomic E-state index is 10.6. The number of ether oxygens (including phenoxy) is 1. The number of aryl methyl sites for hydroxylation is 1. The SMILES string of the molecule is CC(C)(C)OC(=O)N[SH](=O)=O.Cc1ccnc(N)c1C. The summed E-state index contributed by atoms with van der Waals surface area (Å²) in [6.07, 6.45) is 0.770. The fourth-order valence-corrected chi connectivity index (χ4v) is 1.22. The van der Waals surface area contributed by atoms with Crippen molar-refractivity contribution in [1.29, 1.82) is 0 Å². The molecule has 7 nitrogen and oxygen atoms in total. The zero-order valence-corrected chi connectivity index (χ0v) is 13.2. The van der Waals surface area contributed by atoms with Gasteiger partial charge in [0.25, 0.3) is 0 Å². The van der Waals surface area contributed by atoms with E-state index in [1.807, 2.05) is 19.9 Å². The maximum Gasteiger partial charge on any atom is 0.421 e. The second kappa shape index (κ2) is 7.68. The molecular formula is C12H21N3O4S. The summed E-state index contributed by atoms with van der Waals surface area (Å²) in [5, 5.41) is 0. The normalized spacial score (nSPS) is 10.5. The van der Waals surface area contributed by atoms with Crippen LogP contribution in [0, 0.1) is 13.8 Å². The van der Waals surface area contributed by atoms with Gasteiger partial charge in [0.15, 0.2) is 0 Å². The summed E-state index contributed by atoms with van der Waals surface area (Å²) in [7, 11) is -2.92. The number of hydrogen-bond acceptors (Lipinski definition) is 6. The third-order valence-electron chi connectivity index (χ3n) is 2.10. The number of rotatable bonds is 1. The number of pyridine rings is 1. The van der Waals surface area contributed by atoms with Gasteiger partial charge in [-0.3, -0.25) is 0 Å². The minimum Gasteiger partial charge on any atom is -0.443 e. The highest BCUT2D eigenvalue weighted by Crippen LogP contribution is 2.09. The van der Waals surface area contributed by atoms with Gasteiger partial charge < -0.3 is 10.5 Å². The molecule has 0 aromatic carbocycles. The molecule has 0 atom stereocenters. The first kappa shape index (κ1) is 18.2. The Labute approximate surface area is 120 Å². The molecule has 1 aromatic rings. The van der Waals surface area contributed by atoms with Crippen molar-refractivity contribution in [3.63, 3.8) is 0 Å². The molecule has 1 heterocycles. The topological polar surface area (TPSA) is 111 Å². The first-order valence-electron chi connectivity index (χ1n) is 5.84. The van der Waals surface area contributed by atoms with Gasteiger partial charge in [0, 0.05) is 6.20 Å². The third-order valence-corrected chi connectivity index (χ3v) is 2.46. The van der Waals surface area contributed by atoms with Crippen molar-refractivity contribution in [2.24, 2.45) is 0 Å². The largest absolute Gasteiger partial charge is 0.443 e. The number of anilines is 1. The highest BCUT2D eigenvalue weighted by molar-refractivity contribution is 7.70. The lowest BCUT2D eigenvalue weighted by Crippen LogP contribution is -2.31. The average molecular weight is 303 g/mol. The van der Waals surface area contributed by atoms with E-state index in [0.717, 1.165) is 5.56 Å². The Hall–Kier alpha value is -1.83. The van der Waals surface area contributed by atoms with E-state index in [1.54, 1.807) is 31.7 Å². The minimum atomic E-state index is -2.92. The number of aromatic nitrogens is 1. The summed E-state index contributed by atoms with van der Waals surface area (Å²) >= 11 is 0. The first-order valence-corrected chi connectivity index (χ1v) is 7.02. The Morgan fingerprint density at radius 1 is 1.35 bits per heavy atom. The van der Waals surface area contributed by atoms with Crippen molar-refractivity contribution in [2.45, 2.75) is 40.2 Å². The van der Waals surface area contributed by atoms with Gasteiger partial charge in [-0.05, 0) is 51.8 Å². The summed E-state index contributed by atoms with van der Waals surface area (Å²) in [5.41, 5.74) is 7.12. The Balaban J connectivity index is 0.000000367. The number of nitrogens with one attached hydrogen (secondary N) is 1. The van der Waals surface area contributed by atoms with E-state index in [4.69, 9.17) is 5.73 Å². The van der Waals surface area contributed by atoms with Crippen molar-refractivity contribution in [1.82, 2.24) is 9.71 Å². The molecule has 20 heavy (non-hydrogen) atoms. The number of nitrogens with zero attached hydrogens (tertiary/aromatic N) is 1. The third kappa shape index (κ3) is 8.30. The molecule has 1 aromatic heterocycles. The van der Waals surface area contributed by atoms with Gasteiger partial charge in [-0.1, -0.05) is 0 Å². The monoisotopic (exact) mass is 303 g/mol. The lowest BCUT2D eigenvalue weighted by molar-refractivity contribution is 0.0572. The first-order chi connectivity index (χ1) is 9.03. The zero-order valence-electron chi connectivity index (χ0n) is 12.3. The van der Waals surface area contributed by atoms with Crippen LogP contribution in [0.5, 0.6) is 0 Å². The Bertz CT molecular complexity index is 508. The van der Waals surface area contributed by atoms with Crippen molar-refractivity contribution in [2.75, 3.05) is 5.73 Å². The molecular weight excluding hydrogens is 282 g/mol. The van der Waals surface area contributed by atoms with Crippen molar-refractivity contribution >= 4 is 22.8 Å². The molecule has 114 valence electrons. The summed E-state index contributed by atoms with van der Waals surface area (Å²) in [6.45, 7) is 8.92. The van der Waals surface area contributed by atoms with Crippen molar-refractivity contribution in [3.8, 4) is 0 Å². The molecule has 0 fully saturated rings. The fraction of sp³-hybridized carbons (Fsp3) is 0.500. The van der Waals surface area contributed by atoms with E-state index in [-0.39, 0.29) is 0 Å². The molecule has 0 saturated heterocycles. The van der Waals surface area contributed by atoms with E-state index in [0.29, 0.717) is 5.82 Å². The molecule has 8 heteroatoms. The number of carbonyl (C=O) groups excluding carboxylic acids is 1. The van der Waals surface area contributed by atoms with Crippen LogP contribution in [-0.2, 0) is 15.6 Å². The predicted octanol–water partition coefficient (Wildman–Crippen LogP) is 1.32. The molecule has 3 N–H and O–H groups in total. The number of hydrogen-bond donors (Lipinski definition) is 3. The Morgan fingerprint density at radius 2 is 1.90 bits per heavy atom.